The SMILES string of the molecule is COC(=O)C1CC(N2C(=O)COCC2=O)CN1. The Labute approximate surface area is 98.0 Å². The Morgan fingerprint density at radius 2 is 2.06 bits per heavy atom. The Hall–Kier alpha value is -1.47. The molecule has 2 atom stereocenters. The Morgan fingerprint density at radius 3 is 2.65 bits per heavy atom. The van der Waals surface area contributed by atoms with Crippen LogP contribution in [0.2, 0.25) is 0 Å². The zero-order chi connectivity index (χ0) is 12.4. The molecule has 0 saturated carbocycles. The Morgan fingerprint density at radius 1 is 1.41 bits per heavy atom. The monoisotopic (exact) mass is 242 g/mol. The molecule has 7 nitrogen and oxygen atoms in total. The van der Waals surface area contributed by atoms with Crippen LogP contribution in [0.1, 0.15) is 6.42 Å². The third kappa shape index (κ3) is 2.29. The van der Waals surface area contributed by atoms with Crippen molar-refractivity contribution in [3.8, 4) is 0 Å². The Bertz CT molecular complexity index is 341. The summed E-state index contributed by atoms with van der Waals surface area (Å²) in [5, 5.41) is 2.93. The summed E-state index contributed by atoms with van der Waals surface area (Å²) in [5.41, 5.74) is 0. The molecule has 0 aliphatic carbocycles. The van der Waals surface area contributed by atoms with Crippen LogP contribution in [0.3, 0.4) is 0 Å². The van der Waals surface area contributed by atoms with Crippen LogP contribution in [0, 0.1) is 0 Å². The van der Waals surface area contributed by atoms with Gasteiger partial charge in [-0.25, -0.2) is 0 Å². The molecule has 2 aliphatic heterocycles. The first kappa shape index (κ1) is 12.0. The van der Waals surface area contributed by atoms with Crippen LogP contribution >= 0.6 is 0 Å². The highest BCUT2D eigenvalue weighted by atomic mass is 16.5. The van der Waals surface area contributed by atoms with Gasteiger partial charge in [0.25, 0.3) is 11.8 Å². The first-order valence-electron chi connectivity index (χ1n) is 5.37. The lowest BCUT2D eigenvalue weighted by Crippen LogP contribution is -2.52. The van der Waals surface area contributed by atoms with Crippen LogP contribution < -0.4 is 5.32 Å². The van der Waals surface area contributed by atoms with E-state index < -0.39 is 6.04 Å². The van der Waals surface area contributed by atoms with E-state index in [2.05, 4.69) is 10.1 Å². The predicted octanol–water partition coefficient (Wildman–Crippen LogP) is -1.72. The van der Waals surface area contributed by atoms with E-state index in [1.807, 2.05) is 0 Å². The van der Waals surface area contributed by atoms with Crippen LogP contribution in [0.15, 0.2) is 0 Å². The molecule has 0 bridgehead atoms. The summed E-state index contributed by atoms with van der Waals surface area (Å²) in [4.78, 5) is 35.6. The van der Waals surface area contributed by atoms with Gasteiger partial charge in [0.1, 0.15) is 19.3 Å². The molecule has 17 heavy (non-hydrogen) atoms. The van der Waals surface area contributed by atoms with Crippen molar-refractivity contribution in [2.24, 2.45) is 0 Å². The van der Waals surface area contributed by atoms with Crippen molar-refractivity contribution < 1.29 is 23.9 Å². The van der Waals surface area contributed by atoms with E-state index in [-0.39, 0.29) is 37.0 Å². The standard InChI is InChI=1S/C10H14N2O5/c1-16-10(15)7-2-6(3-11-7)12-8(13)4-17-5-9(12)14/h6-7,11H,2-5H2,1H3. The number of esters is 1. The molecular formula is C10H14N2O5. The van der Waals surface area contributed by atoms with Crippen molar-refractivity contribution in [1.29, 1.82) is 0 Å². The number of hydrogen-bond donors (Lipinski definition) is 1. The van der Waals surface area contributed by atoms with Crippen molar-refractivity contribution in [2.75, 3.05) is 26.9 Å². The van der Waals surface area contributed by atoms with Gasteiger partial charge >= 0.3 is 5.97 Å². The molecule has 0 spiro atoms. The quantitative estimate of drug-likeness (QED) is 0.458. The van der Waals surface area contributed by atoms with E-state index in [9.17, 15) is 14.4 Å². The van der Waals surface area contributed by atoms with Gasteiger partial charge in [-0.05, 0) is 6.42 Å². The molecule has 2 aliphatic rings. The summed E-state index contributed by atoms with van der Waals surface area (Å²) >= 11 is 0. The Balaban J connectivity index is 2.02. The van der Waals surface area contributed by atoms with Gasteiger partial charge in [0, 0.05) is 6.54 Å². The van der Waals surface area contributed by atoms with Gasteiger partial charge < -0.3 is 14.8 Å². The molecule has 2 saturated heterocycles. The number of carbonyl (C=O) groups excluding carboxylic acids is 3. The number of nitrogens with zero attached hydrogens (tertiary/aromatic N) is 1. The van der Waals surface area contributed by atoms with Crippen LogP contribution in [0.5, 0.6) is 0 Å². The second kappa shape index (κ2) is 4.80. The average Bonchev–Trinajstić information content (AvgIpc) is 2.77. The average molecular weight is 242 g/mol. The molecule has 0 radical (unpaired) electrons. The van der Waals surface area contributed by atoms with Crippen LogP contribution in [-0.2, 0) is 23.9 Å². The number of nitrogens with one attached hydrogen (secondary N) is 1. The predicted molar refractivity (Wildman–Crippen MR) is 54.9 cm³/mol. The molecule has 2 rings (SSSR count). The smallest absolute Gasteiger partial charge is 0.322 e. The molecule has 94 valence electrons. The van der Waals surface area contributed by atoms with Gasteiger partial charge in [-0.2, -0.15) is 0 Å². The number of morpholine rings is 1. The fraction of sp³-hybridized carbons (Fsp3) is 0.700. The van der Waals surface area contributed by atoms with Gasteiger partial charge in [-0.15, -0.1) is 0 Å². The molecular weight excluding hydrogens is 228 g/mol. The molecule has 2 unspecified atom stereocenters. The zero-order valence-corrected chi connectivity index (χ0v) is 9.47. The number of carbonyl (C=O) groups is 3. The Kier molecular flexibility index (Phi) is 3.39. The molecule has 0 aromatic carbocycles. The molecule has 7 heteroatoms. The maximum Gasteiger partial charge on any atom is 0.322 e. The minimum atomic E-state index is -0.451. The summed E-state index contributed by atoms with van der Waals surface area (Å²) in [7, 11) is 1.31. The van der Waals surface area contributed by atoms with Crippen molar-refractivity contribution >= 4 is 17.8 Å². The molecule has 0 aromatic heterocycles. The molecule has 2 amide bonds. The third-order valence-corrected chi connectivity index (χ3v) is 2.95. The van der Waals surface area contributed by atoms with Crippen molar-refractivity contribution in [3.05, 3.63) is 0 Å². The van der Waals surface area contributed by atoms with Gasteiger partial charge in [-0.1, -0.05) is 0 Å². The van der Waals surface area contributed by atoms with Gasteiger partial charge in [0.2, 0.25) is 0 Å². The van der Waals surface area contributed by atoms with E-state index in [1.165, 1.54) is 12.0 Å². The molecule has 1 N–H and O–H groups in total. The minimum Gasteiger partial charge on any atom is -0.468 e. The second-order valence-corrected chi connectivity index (χ2v) is 4.02. The number of hydrogen-bond acceptors (Lipinski definition) is 6. The third-order valence-electron chi connectivity index (χ3n) is 2.95. The largest absolute Gasteiger partial charge is 0.468 e. The van der Waals surface area contributed by atoms with Gasteiger partial charge in [0.15, 0.2) is 0 Å². The molecule has 2 fully saturated rings. The first-order valence-corrected chi connectivity index (χ1v) is 5.37. The van der Waals surface area contributed by atoms with Crippen molar-refractivity contribution in [3.63, 3.8) is 0 Å². The van der Waals surface area contributed by atoms with Crippen LogP contribution in [-0.4, -0.2) is 61.6 Å². The van der Waals surface area contributed by atoms with Gasteiger partial charge in [-0.3, -0.25) is 19.3 Å². The number of rotatable bonds is 2. The fourth-order valence-electron chi connectivity index (χ4n) is 2.15. The zero-order valence-electron chi connectivity index (χ0n) is 9.47. The number of amides is 2. The summed E-state index contributed by atoms with van der Waals surface area (Å²) < 4.78 is 9.44. The topological polar surface area (TPSA) is 84.9 Å². The maximum atomic E-state index is 11.6. The van der Waals surface area contributed by atoms with E-state index >= 15 is 0 Å². The highest BCUT2D eigenvalue weighted by Crippen LogP contribution is 2.17. The van der Waals surface area contributed by atoms with Crippen molar-refractivity contribution in [2.45, 2.75) is 18.5 Å². The lowest BCUT2D eigenvalue weighted by atomic mass is 10.1. The summed E-state index contributed by atoms with van der Waals surface area (Å²) in [6, 6.07) is -0.739. The van der Waals surface area contributed by atoms with E-state index in [4.69, 9.17) is 4.74 Å². The van der Waals surface area contributed by atoms with E-state index in [0.29, 0.717) is 13.0 Å². The van der Waals surface area contributed by atoms with Crippen LogP contribution in [0.25, 0.3) is 0 Å². The number of ether oxygens (including phenoxy) is 2. The summed E-state index contributed by atoms with van der Waals surface area (Å²) in [5.74, 6) is -1.07. The lowest BCUT2D eigenvalue weighted by molar-refractivity contribution is -0.161. The summed E-state index contributed by atoms with van der Waals surface area (Å²) in [6.07, 6.45) is 0.393. The van der Waals surface area contributed by atoms with Crippen LogP contribution in [0.4, 0.5) is 0 Å². The molecule has 0 aromatic rings. The fourth-order valence-corrected chi connectivity index (χ4v) is 2.15. The first-order chi connectivity index (χ1) is 8.13. The van der Waals surface area contributed by atoms with Crippen molar-refractivity contribution in [1.82, 2.24) is 10.2 Å². The normalized spacial score (nSPS) is 29.6. The maximum absolute atomic E-state index is 11.6. The second-order valence-electron chi connectivity index (χ2n) is 4.02. The summed E-state index contributed by atoms with van der Waals surface area (Å²) in [6.45, 7) is 0.257. The number of methoxy groups -OCH3 is 1. The molecule has 2 heterocycles. The van der Waals surface area contributed by atoms with Gasteiger partial charge in [0.05, 0.1) is 13.2 Å². The van der Waals surface area contributed by atoms with E-state index in [0.717, 1.165) is 0 Å². The highest BCUT2D eigenvalue weighted by molar-refractivity contribution is 5.98. The highest BCUT2D eigenvalue weighted by Gasteiger charge is 2.39. The minimum absolute atomic E-state index is 0.0782. The number of imide groups is 1. The lowest BCUT2D eigenvalue weighted by Gasteiger charge is -2.29. The van der Waals surface area contributed by atoms with E-state index in [1.54, 1.807) is 0 Å².